The first-order valence-corrected chi connectivity index (χ1v) is 2.45. The molecule has 4 heteroatoms. The summed E-state index contributed by atoms with van der Waals surface area (Å²) >= 11 is 0. The second-order valence-electron chi connectivity index (χ2n) is 1.38. The molecule has 0 aliphatic carbocycles. The van der Waals surface area contributed by atoms with Crippen LogP contribution >= 0.6 is 0 Å². The fraction of sp³-hybridized carbons (Fsp3) is 0.400. The highest BCUT2D eigenvalue weighted by atomic mass is 16.4. The number of amides is 1. The van der Waals surface area contributed by atoms with Crippen LogP contribution in [-0.4, -0.2) is 34.4 Å². The van der Waals surface area contributed by atoms with E-state index in [1.807, 2.05) is 0 Å². The van der Waals surface area contributed by atoms with Crippen molar-refractivity contribution in [1.29, 1.82) is 0 Å². The minimum Gasteiger partial charge on any atom is -0.465 e. The lowest BCUT2D eigenvalue weighted by molar-refractivity contribution is 0.152. The number of hydrogen-bond donors (Lipinski definition) is 2. The van der Waals surface area contributed by atoms with E-state index in [9.17, 15) is 4.79 Å². The molecule has 0 rings (SSSR count). The molecule has 0 radical (unpaired) electrons. The van der Waals surface area contributed by atoms with Crippen molar-refractivity contribution in [3.8, 4) is 0 Å². The third-order valence-electron chi connectivity index (χ3n) is 0.807. The van der Waals surface area contributed by atoms with Gasteiger partial charge in [0.1, 0.15) is 0 Å². The number of aliphatic hydroxyl groups excluding tert-OH is 1. The molecule has 0 aromatic carbocycles. The number of carbonyl (C=O) groups is 1. The monoisotopic (exact) mass is 131 g/mol. The Morgan fingerprint density at radius 1 is 1.78 bits per heavy atom. The summed E-state index contributed by atoms with van der Waals surface area (Å²) in [6, 6.07) is 0. The van der Waals surface area contributed by atoms with E-state index in [0.29, 0.717) is 0 Å². The molecule has 0 atom stereocenters. The molecule has 0 unspecified atom stereocenters. The van der Waals surface area contributed by atoms with E-state index in [1.165, 1.54) is 0 Å². The van der Waals surface area contributed by atoms with E-state index in [1.54, 1.807) is 0 Å². The minimum absolute atomic E-state index is 0.0822. The number of carboxylic acid groups (broad SMARTS) is 1. The highest BCUT2D eigenvalue weighted by molar-refractivity contribution is 5.66. The van der Waals surface area contributed by atoms with Gasteiger partial charge in [0.25, 0.3) is 0 Å². The molecule has 0 bridgehead atoms. The van der Waals surface area contributed by atoms with Gasteiger partial charge in [0.15, 0.2) is 0 Å². The fourth-order valence-corrected chi connectivity index (χ4v) is 0.373. The third kappa shape index (κ3) is 2.71. The number of rotatable bonds is 3. The van der Waals surface area contributed by atoms with Crippen LogP contribution in [0.3, 0.4) is 0 Å². The van der Waals surface area contributed by atoms with Gasteiger partial charge in [-0.15, -0.1) is 0 Å². The van der Waals surface area contributed by atoms with Gasteiger partial charge in [0.2, 0.25) is 0 Å². The molecule has 0 aromatic heterocycles. The lowest BCUT2D eigenvalue weighted by Crippen LogP contribution is -2.26. The molecule has 0 aromatic rings. The van der Waals surface area contributed by atoms with Crippen molar-refractivity contribution in [3.63, 3.8) is 0 Å². The van der Waals surface area contributed by atoms with Gasteiger partial charge < -0.3 is 10.2 Å². The Morgan fingerprint density at radius 2 is 2.33 bits per heavy atom. The first kappa shape index (κ1) is 7.97. The minimum atomic E-state index is -1.10. The molecule has 4 nitrogen and oxygen atoms in total. The molecule has 0 heterocycles. The molecule has 0 spiro atoms. The maximum absolute atomic E-state index is 10.1. The van der Waals surface area contributed by atoms with Gasteiger partial charge in [-0.1, -0.05) is 6.58 Å². The molecule has 1 amide bonds. The van der Waals surface area contributed by atoms with Crippen LogP contribution in [-0.2, 0) is 0 Å². The van der Waals surface area contributed by atoms with Crippen LogP contribution in [0.1, 0.15) is 0 Å². The predicted molar refractivity (Wildman–Crippen MR) is 32.0 cm³/mol. The van der Waals surface area contributed by atoms with Crippen LogP contribution in [0.4, 0.5) is 4.79 Å². The molecular weight excluding hydrogens is 122 g/mol. The SMILES string of the molecule is C=CN(CCO)C(=O)O. The number of nitrogens with zero attached hydrogens (tertiary/aromatic N) is 1. The second kappa shape index (κ2) is 3.91. The van der Waals surface area contributed by atoms with Crippen molar-refractivity contribution in [2.24, 2.45) is 0 Å². The van der Waals surface area contributed by atoms with E-state index in [4.69, 9.17) is 10.2 Å². The van der Waals surface area contributed by atoms with Crippen molar-refractivity contribution in [2.75, 3.05) is 13.2 Å². The topological polar surface area (TPSA) is 60.8 Å². The highest BCUT2D eigenvalue weighted by Gasteiger charge is 2.03. The van der Waals surface area contributed by atoms with Crippen molar-refractivity contribution >= 4 is 6.09 Å². The zero-order valence-corrected chi connectivity index (χ0v) is 4.95. The Kier molecular flexibility index (Phi) is 3.46. The summed E-state index contributed by atoms with van der Waals surface area (Å²) in [4.78, 5) is 11.0. The predicted octanol–water partition coefficient (Wildman–Crippen LogP) is 0.102. The van der Waals surface area contributed by atoms with E-state index in [2.05, 4.69) is 6.58 Å². The summed E-state index contributed by atoms with van der Waals surface area (Å²) in [5.74, 6) is 0. The summed E-state index contributed by atoms with van der Waals surface area (Å²) in [5, 5.41) is 16.5. The Morgan fingerprint density at radius 3 is 2.44 bits per heavy atom. The van der Waals surface area contributed by atoms with Gasteiger partial charge >= 0.3 is 6.09 Å². The number of aliphatic hydroxyl groups is 1. The lowest BCUT2D eigenvalue weighted by Gasteiger charge is -2.10. The Bertz CT molecular complexity index is 113. The molecule has 0 saturated carbocycles. The first-order chi connectivity index (χ1) is 4.22. The van der Waals surface area contributed by atoms with Crippen molar-refractivity contribution < 1.29 is 15.0 Å². The second-order valence-corrected chi connectivity index (χ2v) is 1.38. The van der Waals surface area contributed by atoms with Gasteiger partial charge in [-0.2, -0.15) is 0 Å². The first-order valence-electron chi connectivity index (χ1n) is 2.45. The summed E-state index contributed by atoms with van der Waals surface area (Å²) in [5.41, 5.74) is 0. The summed E-state index contributed by atoms with van der Waals surface area (Å²) in [6.07, 6.45) is 0.0532. The van der Waals surface area contributed by atoms with Crippen molar-refractivity contribution in [1.82, 2.24) is 4.90 Å². The van der Waals surface area contributed by atoms with Crippen molar-refractivity contribution in [2.45, 2.75) is 0 Å². The zero-order chi connectivity index (χ0) is 7.28. The molecule has 0 fully saturated rings. The van der Waals surface area contributed by atoms with Gasteiger partial charge in [0.05, 0.1) is 13.2 Å². The van der Waals surface area contributed by atoms with E-state index in [0.717, 1.165) is 11.1 Å². The molecule has 9 heavy (non-hydrogen) atoms. The number of hydrogen-bond acceptors (Lipinski definition) is 2. The van der Waals surface area contributed by atoms with E-state index in [-0.39, 0.29) is 13.2 Å². The fourth-order valence-electron chi connectivity index (χ4n) is 0.373. The molecule has 0 saturated heterocycles. The van der Waals surface area contributed by atoms with Crippen LogP contribution in [0.15, 0.2) is 12.8 Å². The van der Waals surface area contributed by atoms with E-state index >= 15 is 0 Å². The molecular formula is C5H9NO3. The Balaban J connectivity index is 3.68. The average molecular weight is 131 g/mol. The van der Waals surface area contributed by atoms with Crippen LogP contribution < -0.4 is 0 Å². The summed E-state index contributed by atoms with van der Waals surface area (Å²) in [6.45, 7) is 3.13. The molecule has 52 valence electrons. The van der Waals surface area contributed by atoms with E-state index < -0.39 is 6.09 Å². The normalized spacial score (nSPS) is 8.56. The maximum atomic E-state index is 10.1. The summed E-state index contributed by atoms with van der Waals surface area (Å²) < 4.78 is 0. The standard InChI is InChI=1S/C5H9NO3/c1-2-6(3-4-7)5(8)9/h2,7H,1,3-4H2,(H,8,9). The van der Waals surface area contributed by atoms with Gasteiger partial charge in [-0.25, -0.2) is 4.79 Å². The smallest absolute Gasteiger partial charge is 0.411 e. The van der Waals surface area contributed by atoms with Gasteiger partial charge in [0, 0.05) is 6.20 Å². The zero-order valence-electron chi connectivity index (χ0n) is 4.95. The quantitative estimate of drug-likeness (QED) is 0.571. The molecule has 0 aliphatic rings. The van der Waals surface area contributed by atoms with Crippen LogP contribution in [0.2, 0.25) is 0 Å². The molecule has 0 aliphatic heterocycles. The Labute approximate surface area is 53.0 Å². The van der Waals surface area contributed by atoms with Gasteiger partial charge in [-0.3, -0.25) is 4.90 Å². The van der Waals surface area contributed by atoms with Crippen molar-refractivity contribution in [3.05, 3.63) is 12.8 Å². The largest absolute Gasteiger partial charge is 0.465 e. The lowest BCUT2D eigenvalue weighted by atomic mass is 10.6. The Hall–Kier alpha value is -1.03. The summed E-state index contributed by atoms with van der Waals surface area (Å²) in [7, 11) is 0. The maximum Gasteiger partial charge on any atom is 0.411 e. The molecule has 2 N–H and O–H groups in total. The highest BCUT2D eigenvalue weighted by Crippen LogP contribution is 1.86. The third-order valence-corrected chi connectivity index (χ3v) is 0.807. The van der Waals surface area contributed by atoms with Crippen LogP contribution in [0, 0.1) is 0 Å². The van der Waals surface area contributed by atoms with Crippen LogP contribution in [0.25, 0.3) is 0 Å². The average Bonchev–Trinajstić information content (AvgIpc) is 1.82. The van der Waals surface area contributed by atoms with Crippen LogP contribution in [0.5, 0.6) is 0 Å². The van der Waals surface area contributed by atoms with Gasteiger partial charge in [-0.05, 0) is 0 Å².